The van der Waals surface area contributed by atoms with Gasteiger partial charge < -0.3 is 20.3 Å². The molecule has 1 aliphatic heterocycles. The van der Waals surface area contributed by atoms with E-state index in [0.29, 0.717) is 24.5 Å². The summed E-state index contributed by atoms with van der Waals surface area (Å²) in [6.45, 7) is 2.20. The van der Waals surface area contributed by atoms with E-state index in [1.165, 1.54) is 0 Å². The summed E-state index contributed by atoms with van der Waals surface area (Å²) in [5, 5.41) is 18.4. The van der Waals surface area contributed by atoms with Crippen LogP contribution in [0.15, 0.2) is 10.6 Å². The maximum atomic E-state index is 11.6. The van der Waals surface area contributed by atoms with Crippen LogP contribution in [0.4, 0.5) is 5.82 Å². The summed E-state index contributed by atoms with van der Waals surface area (Å²) >= 11 is 0. The topological polar surface area (TPSA) is 87.4 Å². The lowest BCUT2D eigenvalue weighted by Gasteiger charge is -2.07. The molecule has 1 amide bonds. The predicted octanol–water partition coefficient (Wildman–Crippen LogP) is -0.356. The molecule has 1 saturated heterocycles. The zero-order chi connectivity index (χ0) is 10.8. The molecule has 0 spiro atoms. The Balaban J connectivity index is 1.92. The standard InChI is InChI=1S/C9H13N3O3/c1-5-2-8(12-15-5)11-9(14)7-3-6(13)4-10-7/h2,6-7,10,13H,3-4H2,1H3,(H,11,12,14). The minimum absolute atomic E-state index is 0.195. The van der Waals surface area contributed by atoms with Gasteiger partial charge in [-0.15, -0.1) is 0 Å². The fraction of sp³-hybridized carbons (Fsp3) is 0.556. The molecule has 0 saturated carbocycles. The Labute approximate surface area is 86.6 Å². The SMILES string of the molecule is Cc1cc(NC(=O)C2CC(O)CN2)no1. The van der Waals surface area contributed by atoms with E-state index in [9.17, 15) is 9.90 Å². The van der Waals surface area contributed by atoms with Crippen LogP contribution in [0, 0.1) is 6.92 Å². The van der Waals surface area contributed by atoms with Crippen molar-refractivity contribution < 1.29 is 14.4 Å². The van der Waals surface area contributed by atoms with Gasteiger partial charge in [0.25, 0.3) is 0 Å². The molecule has 2 rings (SSSR count). The number of carbonyl (C=O) groups excluding carboxylic acids is 1. The van der Waals surface area contributed by atoms with Gasteiger partial charge >= 0.3 is 0 Å². The van der Waals surface area contributed by atoms with E-state index in [1.807, 2.05) is 0 Å². The summed E-state index contributed by atoms with van der Waals surface area (Å²) in [6, 6.07) is 1.29. The fourth-order valence-corrected chi connectivity index (χ4v) is 1.56. The van der Waals surface area contributed by atoms with Crippen LogP contribution in [0.5, 0.6) is 0 Å². The van der Waals surface area contributed by atoms with Crippen molar-refractivity contribution >= 4 is 11.7 Å². The number of carbonyl (C=O) groups is 1. The number of β-amino-alcohol motifs (C(OH)–C–C–N with tert-alkyl or cyclic N) is 1. The Hall–Kier alpha value is -1.40. The maximum Gasteiger partial charge on any atom is 0.242 e. The van der Waals surface area contributed by atoms with Gasteiger partial charge in [0.15, 0.2) is 5.82 Å². The van der Waals surface area contributed by atoms with E-state index in [4.69, 9.17) is 4.52 Å². The van der Waals surface area contributed by atoms with Crippen LogP contribution in [-0.2, 0) is 4.79 Å². The third-order valence-electron chi connectivity index (χ3n) is 2.30. The van der Waals surface area contributed by atoms with E-state index in [2.05, 4.69) is 15.8 Å². The van der Waals surface area contributed by atoms with E-state index in [1.54, 1.807) is 13.0 Å². The zero-order valence-corrected chi connectivity index (χ0v) is 8.36. The normalized spacial score (nSPS) is 25.5. The van der Waals surface area contributed by atoms with Crippen molar-refractivity contribution in [2.75, 3.05) is 11.9 Å². The average Bonchev–Trinajstić information content (AvgIpc) is 2.75. The number of aliphatic hydroxyl groups excluding tert-OH is 1. The summed E-state index contributed by atoms with van der Waals surface area (Å²) < 4.78 is 4.81. The molecule has 1 aliphatic rings. The molecule has 2 unspecified atom stereocenters. The third-order valence-corrected chi connectivity index (χ3v) is 2.30. The van der Waals surface area contributed by atoms with Crippen molar-refractivity contribution in [2.24, 2.45) is 0 Å². The number of aliphatic hydroxyl groups is 1. The summed E-state index contributed by atoms with van der Waals surface area (Å²) in [4.78, 5) is 11.6. The van der Waals surface area contributed by atoms with Crippen molar-refractivity contribution in [1.29, 1.82) is 0 Å². The van der Waals surface area contributed by atoms with Crippen LogP contribution in [0.3, 0.4) is 0 Å². The second-order valence-corrected chi connectivity index (χ2v) is 3.66. The summed E-state index contributed by atoms with van der Waals surface area (Å²) in [6.07, 6.45) is -0.0114. The Morgan fingerprint density at radius 2 is 2.60 bits per heavy atom. The molecule has 1 aromatic heterocycles. The highest BCUT2D eigenvalue weighted by Crippen LogP contribution is 2.11. The fourth-order valence-electron chi connectivity index (χ4n) is 1.56. The quantitative estimate of drug-likeness (QED) is 0.622. The molecule has 15 heavy (non-hydrogen) atoms. The molecule has 0 aliphatic carbocycles. The number of amides is 1. The number of aryl methyl sites for hydroxylation is 1. The van der Waals surface area contributed by atoms with Gasteiger partial charge in [-0.2, -0.15) is 0 Å². The minimum Gasteiger partial charge on any atom is -0.392 e. The van der Waals surface area contributed by atoms with Gasteiger partial charge in [0, 0.05) is 12.6 Å². The van der Waals surface area contributed by atoms with Gasteiger partial charge in [0.05, 0.1) is 12.1 Å². The zero-order valence-electron chi connectivity index (χ0n) is 8.36. The molecule has 6 heteroatoms. The van der Waals surface area contributed by atoms with Crippen molar-refractivity contribution in [3.8, 4) is 0 Å². The van der Waals surface area contributed by atoms with E-state index in [0.717, 1.165) is 0 Å². The maximum absolute atomic E-state index is 11.6. The number of aromatic nitrogens is 1. The number of hydrogen-bond donors (Lipinski definition) is 3. The lowest BCUT2D eigenvalue weighted by atomic mass is 10.2. The van der Waals surface area contributed by atoms with Gasteiger partial charge in [0.2, 0.25) is 5.91 Å². The van der Waals surface area contributed by atoms with Crippen LogP contribution < -0.4 is 10.6 Å². The molecular formula is C9H13N3O3. The van der Waals surface area contributed by atoms with Gasteiger partial charge in [-0.25, -0.2) is 0 Å². The van der Waals surface area contributed by atoms with Crippen molar-refractivity contribution in [1.82, 2.24) is 10.5 Å². The number of hydrogen-bond acceptors (Lipinski definition) is 5. The first kappa shape index (κ1) is 10.1. The third kappa shape index (κ3) is 2.34. The highest BCUT2D eigenvalue weighted by Gasteiger charge is 2.28. The largest absolute Gasteiger partial charge is 0.392 e. The molecule has 1 aromatic rings. The van der Waals surface area contributed by atoms with Gasteiger partial charge in [-0.3, -0.25) is 4.79 Å². The molecule has 0 radical (unpaired) electrons. The summed E-state index contributed by atoms with van der Waals surface area (Å²) in [5.41, 5.74) is 0. The highest BCUT2D eigenvalue weighted by atomic mass is 16.5. The smallest absolute Gasteiger partial charge is 0.242 e. The van der Waals surface area contributed by atoms with Crippen LogP contribution in [0.2, 0.25) is 0 Å². The van der Waals surface area contributed by atoms with Gasteiger partial charge in [-0.1, -0.05) is 5.16 Å². The Morgan fingerprint density at radius 3 is 3.13 bits per heavy atom. The van der Waals surface area contributed by atoms with E-state index < -0.39 is 6.10 Å². The van der Waals surface area contributed by atoms with Gasteiger partial charge in [-0.05, 0) is 13.3 Å². The molecule has 0 aromatic carbocycles. The first-order valence-corrected chi connectivity index (χ1v) is 4.81. The van der Waals surface area contributed by atoms with Crippen molar-refractivity contribution in [2.45, 2.75) is 25.5 Å². The average molecular weight is 211 g/mol. The highest BCUT2D eigenvalue weighted by molar-refractivity contribution is 5.94. The molecule has 6 nitrogen and oxygen atoms in total. The number of rotatable bonds is 2. The number of anilines is 1. The second kappa shape index (κ2) is 4.00. The summed E-state index contributed by atoms with van der Waals surface area (Å²) in [7, 11) is 0. The number of nitrogens with zero attached hydrogens (tertiary/aromatic N) is 1. The molecule has 0 bridgehead atoms. The first-order chi connectivity index (χ1) is 7.15. The lowest BCUT2D eigenvalue weighted by molar-refractivity contribution is -0.118. The molecule has 3 N–H and O–H groups in total. The number of nitrogens with one attached hydrogen (secondary N) is 2. The van der Waals surface area contributed by atoms with Crippen LogP contribution >= 0.6 is 0 Å². The molecule has 2 atom stereocenters. The van der Waals surface area contributed by atoms with Crippen molar-refractivity contribution in [3.63, 3.8) is 0 Å². The second-order valence-electron chi connectivity index (χ2n) is 3.66. The molecule has 1 fully saturated rings. The Bertz CT molecular complexity index is 363. The van der Waals surface area contributed by atoms with Crippen molar-refractivity contribution in [3.05, 3.63) is 11.8 Å². The summed E-state index contributed by atoms with van der Waals surface area (Å²) in [5.74, 6) is 0.852. The monoisotopic (exact) mass is 211 g/mol. The molecule has 82 valence electrons. The van der Waals surface area contributed by atoms with E-state index >= 15 is 0 Å². The molecule has 2 heterocycles. The van der Waals surface area contributed by atoms with Crippen LogP contribution in [-0.4, -0.2) is 34.9 Å². The molecular weight excluding hydrogens is 198 g/mol. The van der Waals surface area contributed by atoms with Gasteiger partial charge in [0.1, 0.15) is 5.76 Å². The predicted molar refractivity (Wildman–Crippen MR) is 52.3 cm³/mol. The van der Waals surface area contributed by atoms with Crippen LogP contribution in [0.25, 0.3) is 0 Å². The Morgan fingerprint density at radius 1 is 1.80 bits per heavy atom. The lowest BCUT2D eigenvalue weighted by Crippen LogP contribution is -2.35. The van der Waals surface area contributed by atoms with Crippen LogP contribution in [0.1, 0.15) is 12.2 Å². The van der Waals surface area contributed by atoms with E-state index in [-0.39, 0.29) is 11.9 Å². The minimum atomic E-state index is -0.445. The first-order valence-electron chi connectivity index (χ1n) is 4.81. The Kier molecular flexibility index (Phi) is 2.70.